The van der Waals surface area contributed by atoms with Crippen LogP contribution in [0.2, 0.25) is 0 Å². The van der Waals surface area contributed by atoms with Crippen molar-refractivity contribution in [2.75, 3.05) is 0 Å². The maximum atomic E-state index is 12.4. The second kappa shape index (κ2) is 8.48. The van der Waals surface area contributed by atoms with E-state index in [1.165, 1.54) is 12.8 Å². The smallest absolute Gasteiger partial charge is 0.263 e. The summed E-state index contributed by atoms with van der Waals surface area (Å²) in [6, 6.07) is 1.55. The molecule has 1 aromatic heterocycles. The lowest BCUT2D eigenvalue weighted by Gasteiger charge is -2.29. The molecule has 7 heteroatoms. The summed E-state index contributed by atoms with van der Waals surface area (Å²) in [6.07, 6.45) is 6.71. The van der Waals surface area contributed by atoms with E-state index in [1.54, 1.807) is 11.3 Å². The number of piperidine rings is 1. The van der Waals surface area contributed by atoms with Gasteiger partial charge in [0.2, 0.25) is 0 Å². The number of nitrogens with zero attached hydrogens (tertiary/aromatic N) is 1. The lowest BCUT2D eigenvalue weighted by Crippen LogP contribution is -2.48. The topological polar surface area (TPSA) is 54.0 Å². The summed E-state index contributed by atoms with van der Waals surface area (Å²) in [7, 11) is 0. The fourth-order valence-corrected chi connectivity index (χ4v) is 4.48. The number of aryl methyl sites for hydroxylation is 2. The van der Waals surface area contributed by atoms with E-state index in [4.69, 9.17) is 0 Å². The number of fused-ring (bicyclic) bond motifs is 2. The van der Waals surface area contributed by atoms with E-state index < -0.39 is 0 Å². The van der Waals surface area contributed by atoms with Crippen molar-refractivity contribution in [3.05, 3.63) is 15.6 Å². The third-order valence-corrected chi connectivity index (χ3v) is 5.54. The molecular formula is C15H25Cl2N3OS. The minimum absolute atomic E-state index is 0. The molecule has 2 aliphatic rings. The van der Waals surface area contributed by atoms with Crippen molar-refractivity contribution in [3.8, 4) is 0 Å². The van der Waals surface area contributed by atoms with Crippen LogP contribution < -0.4 is 10.6 Å². The highest BCUT2D eigenvalue weighted by molar-refractivity contribution is 7.13. The normalized spacial score (nSPS) is 26.0. The number of hydrogen-bond donors (Lipinski definition) is 2. The first-order chi connectivity index (χ1) is 9.65. The number of thiazole rings is 1. The average Bonchev–Trinajstić information content (AvgIpc) is 2.93. The highest BCUT2D eigenvalue weighted by Crippen LogP contribution is 2.27. The number of amides is 1. The molecule has 0 aromatic carbocycles. The van der Waals surface area contributed by atoms with Crippen LogP contribution in [0.4, 0.5) is 0 Å². The molecule has 3 heterocycles. The summed E-state index contributed by atoms with van der Waals surface area (Å²) >= 11 is 1.56. The van der Waals surface area contributed by atoms with Gasteiger partial charge in [-0.15, -0.1) is 36.2 Å². The maximum Gasteiger partial charge on any atom is 0.263 e. The predicted molar refractivity (Wildman–Crippen MR) is 95.8 cm³/mol. The zero-order valence-corrected chi connectivity index (χ0v) is 15.5. The molecule has 126 valence electrons. The van der Waals surface area contributed by atoms with Crippen molar-refractivity contribution in [1.29, 1.82) is 0 Å². The van der Waals surface area contributed by atoms with Gasteiger partial charge in [0.1, 0.15) is 4.88 Å². The van der Waals surface area contributed by atoms with Crippen molar-refractivity contribution < 1.29 is 4.79 Å². The molecule has 22 heavy (non-hydrogen) atoms. The maximum absolute atomic E-state index is 12.4. The molecule has 2 fully saturated rings. The van der Waals surface area contributed by atoms with Gasteiger partial charge in [0.25, 0.3) is 5.91 Å². The minimum atomic E-state index is 0. The van der Waals surface area contributed by atoms with Crippen LogP contribution in [0.25, 0.3) is 0 Å². The fourth-order valence-electron chi connectivity index (χ4n) is 3.41. The molecule has 1 aromatic rings. The number of aromatic nitrogens is 1. The summed E-state index contributed by atoms with van der Waals surface area (Å²) in [5.74, 6) is 0.0775. The largest absolute Gasteiger partial charge is 0.348 e. The highest BCUT2D eigenvalue weighted by Gasteiger charge is 2.34. The lowest BCUT2D eigenvalue weighted by atomic mass is 10.00. The van der Waals surface area contributed by atoms with Gasteiger partial charge in [-0.3, -0.25) is 4.79 Å². The molecule has 2 saturated heterocycles. The van der Waals surface area contributed by atoms with Crippen molar-refractivity contribution in [2.45, 2.75) is 70.5 Å². The van der Waals surface area contributed by atoms with Crippen molar-refractivity contribution >= 4 is 42.1 Å². The molecule has 3 rings (SSSR count). The number of carbonyl (C=O) groups is 1. The van der Waals surface area contributed by atoms with Crippen LogP contribution in [-0.4, -0.2) is 29.0 Å². The third kappa shape index (κ3) is 4.34. The van der Waals surface area contributed by atoms with Crippen LogP contribution in [0.3, 0.4) is 0 Å². The van der Waals surface area contributed by atoms with Crippen LogP contribution in [0.5, 0.6) is 0 Å². The van der Waals surface area contributed by atoms with Crippen LogP contribution in [-0.2, 0) is 6.42 Å². The van der Waals surface area contributed by atoms with E-state index in [9.17, 15) is 4.79 Å². The molecule has 0 radical (unpaired) electrons. The quantitative estimate of drug-likeness (QED) is 0.860. The van der Waals surface area contributed by atoms with Crippen molar-refractivity contribution in [2.24, 2.45) is 0 Å². The molecule has 4 nitrogen and oxygen atoms in total. The number of hydrogen-bond acceptors (Lipinski definition) is 4. The summed E-state index contributed by atoms with van der Waals surface area (Å²) in [5, 5.41) is 7.91. The van der Waals surface area contributed by atoms with Gasteiger partial charge >= 0.3 is 0 Å². The van der Waals surface area contributed by atoms with Gasteiger partial charge in [-0.25, -0.2) is 4.98 Å². The molecule has 0 aliphatic carbocycles. The lowest BCUT2D eigenvalue weighted by molar-refractivity contribution is 0.0927. The molecular weight excluding hydrogens is 341 g/mol. The second-order valence-electron chi connectivity index (χ2n) is 6.05. The zero-order chi connectivity index (χ0) is 14.1. The molecule has 2 bridgehead atoms. The molecule has 0 spiro atoms. The Morgan fingerprint density at radius 2 is 1.95 bits per heavy atom. The standard InChI is InChI=1S/C15H23N3OS.2ClH/c1-3-4-13-16-9(2)14(20-13)15(19)18-12-7-10-5-6-11(8-12)17-10;;/h10-12,17H,3-8H2,1-2H3,(H,18,19);2*1H. The van der Waals surface area contributed by atoms with Gasteiger partial charge in [-0.05, 0) is 45.4 Å². The van der Waals surface area contributed by atoms with E-state index in [1.807, 2.05) is 6.92 Å². The molecule has 0 saturated carbocycles. The van der Waals surface area contributed by atoms with Crippen LogP contribution >= 0.6 is 36.2 Å². The van der Waals surface area contributed by atoms with Crippen LogP contribution in [0, 0.1) is 6.92 Å². The fraction of sp³-hybridized carbons (Fsp3) is 0.733. The van der Waals surface area contributed by atoms with Crippen LogP contribution in [0.1, 0.15) is 59.4 Å². The Hall–Kier alpha value is -0.360. The first-order valence-corrected chi connectivity index (χ1v) is 8.50. The second-order valence-corrected chi connectivity index (χ2v) is 7.14. The van der Waals surface area contributed by atoms with Crippen LogP contribution in [0.15, 0.2) is 0 Å². The van der Waals surface area contributed by atoms with Gasteiger partial charge in [0.15, 0.2) is 0 Å². The molecule has 2 N–H and O–H groups in total. The molecule has 2 unspecified atom stereocenters. The number of halogens is 2. The number of carbonyl (C=O) groups excluding carboxylic acids is 1. The molecule has 2 atom stereocenters. The third-order valence-electron chi connectivity index (χ3n) is 4.32. The zero-order valence-electron chi connectivity index (χ0n) is 13.1. The Morgan fingerprint density at radius 3 is 2.55 bits per heavy atom. The first kappa shape index (κ1) is 19.7. The van der Waals surface area contributed by atoms with E-state index in [0.29, 0.717) is 18.1 Å². The highest BCUT2D eigenvalue weighted by atomic mass is 35.5. The Balaban J connectivity index is 0.00000121. The Morgan fingerprint density at radius 1 is 1.32 bits per heavy atom. The number of rotatable bonds is 4. The summed E-state index contributed by atoms with van der Waals surface area (Å²) < 4.78 is 0. The van der Waals surface area contributed by atoms with Gasteiger partial charge in [0.05, 0.1) is 10.7 Å². The predicted octanol–water partition coefficient (Wildman–Crippen LogP) is 3.26. The summed E-state index contributed by atoms with van der Waals surface area (Å²) in [4.78, 5) is 17.7. The van der Waals surface area contributed by atoms with E-state index in [-0.39, 0.29) is 30.7 Å². The molecule has 1 amide bonds. The van der Waals surface area contributed by atoms with Gasteiger partial charge in [-0.1, -0.05) is 6.92 Å². The van der Waals surface area contributed by atoms with E-state index in [0.717, 1.165) is 41.3 Å². The Labute approximate surface area is 148 Å². The van der Waals surface area contributed by atoms with Gasteiger partial charge in [-0.2, -0.15) is 0 Å². The monoisotopic (exact) mass is 365 g/mol. The van der Waals surface area contributed by atoms with E-state index >= 15 is 0 Å². The van der Waals surface area contributed by atoms with Crippen molar-refractivity contribution in [1.82, 2.24) is 15.6 Å². The summed E-state index contributed by atoms with van der Waals surface area (Å²) in [5.41, 5.74) is 0.882. The van der Waals surface area contributed by atoms with Crippen molar-refractivity contribution in [3.63, 3.8) is 0 Å². The Bertz CT molecular complexity index is 497. The van der Waals surface area contributed by atoms with Gasteiger partial charge in [0, 0.05) is 18.1 Å². The summed E-state index contributed by atoms with van der Waals surface area (Å²) in [6.45, 7) is 4.08. The minimum Gasteiger partial charge on any atom is -0.348 e. The SMILES string of the molecule is CCCc1nc(C)c(C(=O)NC2CC3CCC(C2)N3)s1.Cl.Cl. The number of nitrogens with one attached hydrogen (secondary N) is 2. The Kier molecular flexibility index (Phi) is 7.59. The van der Waals surface area contributed by atoms with Gasteiger partial charge < -0.3 is 10.6 Å². The van der Waals surface area contributed by atoms with E-state index in [2.05, 4.69) is 22.5 Å². The average molecular weight is 366 g/mol. The molecule has 2 aliphatic heterocycles. The first-order valence-electron chi connectivity index (χ1n) is 7.69.